The van der Waals surface area contributed by atoms with E-state index in [2.05, 4.69) is 4.98 Å². The lowest BCUT2D eigenvalue weighted by Crippen LogP contribution is -2.17. The van der Waals surface area contributed by atoms with Gasteiger partial charge < -0.3 is 10.3 Å². The summed E-state index contributed by atoms with van der Waals surface area (Å²) in [6.07, 6.45) is -1.39. The lowest BCUT2D eigenvalue weighted by atomic mass is 10.2. The molecule has 3 nitrogen and oxygen atoms in total. The highest BCUT2D eigenvalue weighted by atomic mass is 35.5. The number of pyridine rings is 1. The first-order chi connectivity index (χ1) is 7.87. The molecule has 0 aliphatic carbocycles. The Kier molecular flexibility index (Phi) is 4.24. The summed E-state index contributed by atoms with van der Waals surface area (Å²) in [6.45, 7) is 0.774. The van der Waals surface area contributed by atoms with Crippen LogP contribution in [-0.4, -0.2) is 15.7 Å². The molecule has 0 saturated carbocycles. The monoisotopic (exact) mass is 279 g/mol. The quantitative estimate of drug-likeness (QED) is 0.918. The van der Waals surface area contributed by atoms with Gasteiger partial charge in [0, 0.05) is 17.6 Å². The van der Waals surface area contributed by atoms with Crippen LogP contribution in [-0.2, 0) is 6.54 Å². The van der Waals surface area contributed by atoms with Crippen LogP contribution < -0.4 is 5.73 Å². The van der Waals surface area contributed by atoms with Gasteiger partial charge in [-0.3, -0.25) is 4.98 Å². The molecule has 100 valence electrons. The molecule has 1 atom stereocenters. The van der Waals surface area contributed by atoms with Crippen molar-refractivity contribution >= 4 is 23.3 Å². The van der Waals surface area contributed by atoms with Crippen LogP contribution in [0.4, 0.5) is 13.2 Å². The Morgan fingerprint density at radius 3 is 2.67 bits per heavy atom. The van der Waals surface area contributed by atoms with E-state index in [1.165, 1.54) is 12.4 Å². The molecule has 0 spiro atoms. The van der Waals surface area contributed by atoms with Gasteiger partial charge in [0.1, 0.15) is 6.54 Å². The molecule has 2 rings (SSSR count). The summed E-state index contributed by atoms with van der Waals surface area (Å²) >= 11 is 0. The second-order valence-corrected chi connectivity index (χ2v) is 4.02. The number of nitrogens with two attached hydrogens (primary N) is 1. The highest BCUT2D eigenvalue weighted by molar-refractivity contribution is 5.85. The largest absolute Gasteiger partial charge is 0.406 e. The molecule has 18 heavy (non-hydrogen) atoms. The van der Waals surface area contributed by atoms with E-state index in [-0.39, 0.29) is 18.4 Å². The van der Waals surface area contributed by atoms with Crippen LogP contribution in [0.1, 0.15) is 18.7 Å². The standard InChI is InChI=1S/C11H12F3N3.ClH/c1-7(15)9-4-8-2-3-17(6-11(12,13)14)10(8)5-16-9;/h2-5,7H,6,15H2,1H3;1H. The molecule has 2 aromatic heterocycles. The van der Waals surface area contributed by atoms with E-state index >= 15 is 0 Å². The van der Waals surface area contributed by atoms with Gasteiger partial charge in [-0.1, -0.05) is 0 Å². The maximum absolute atomic E-state index is 12.3. The van der Waals surface area contributed by atoms with Crippen LogP contribution in [0.15, 0.2) is 24.5 Å². The maximum Gasteiger partial charge on any atom is 0.406 e. The van der Waals surface area contributed by atoms with Crippen LogP contribution >= 0.6 is 12.4 Å². The zero-order valence-corrected chi connectivity index (χ0v) is 10.4. The Bertz CT molecular complexity index is 534. The molecule has 0 radical (unpaired) electrons. The summed E-state index contributed by atoms with van der Waals surface area (Å²) in [5, 5.41) is 0.719. The Balaban J connectivity index is 0.00000162. The average Bonchev–Trinajstić information content (AvgIpc) is 2.58. The molecule has 0 fully saturated rings. The van der Waals surface area contributed by atoms with E-state index in [9.17, 15) is 13.2 Å². The molecule has 0 bridgehead atoms. The van der Waals surface area contributed by atoms with Crippen LogP contribution in [0.2, 0.25) is 0 Å². The van der Waals surface area contributed by atoms with Gasteiger partial charge in [-0.15, -0.1) is 12.4 Å². The van der Waals surface area contributed by atoms with Crippen molar-refractivity contribution in [2.45, 2.75) is 25.7 Å². The topological polar surface area (TPSA) is 43.8 Å². The minimum absolute atomic E-state index is 0. The van der Waals surface area contributed by atoms with Gasteiger partial charge in [0.25, 0.3) is 0 Å². The molecule has 2 N–H and O–H groups in total. The van der Waals surface area contributed by atoms with Gasteiger partial charge in [-0.2, -0.15) is 13.2 Å². The first-order valence-electron chi connectivity index (χ1n) is 5.14. The lowest BCUT2D eigenvalue weighted by Gasteiger charge is -2.09. The van der Waals surface area contributed by atoms with Gasteiger partial charge in [-0.05, 0) is 19.1 Å². The smallest absolute Gasteiger partial charge is 0.337 e. The molecule has 0 aliphatic rings. The molecule has 0 aromatic carbocycles. The zero-order valence-electron chi connectivity index (χ0n) is 9.61. The van der Waals surface area contributed by atoms with E-state index in [1.54, 1.807) is 19.1 Å². The number of aromatic nitrogens is 2. The van der Waals surface area contributed by atoms with Crippen LogP contribution in [0.3, 0.4) is 0 Å². The van der Waals surface area contributed by atoms with E-state index in [0.29, 0.717) is 11.2 Å². The molecule has 0 aliphatic heterocycles. The Morgan fingerprint density at radius 2 is 2.11 bits per heavy atom. The van der Waals surface area contributed by atoms with Gasteiger partial charge in [0.2, 0.25) is 0 Å². The Labute approximate surface area is 108 Å². The van der Waals surface area contributed by atoms with Crippen molar-refractivity contribution in [1.82, 2.24) is 9.55 Å². The summed E-state index contributed by atoms with van der Waals surface area (Å²) in [7, 11) is 0. The molecule has 0 saturated heterocycles. The Hall–Kier alpha value is -1.27. The third-order valence-electron chi connectivity index (χ3n) is 2.49. The number of hydrogen-bond acceptors (Lipinski definition) is 2. The lowest BCUT2D eigenvalue weighted by molar-refractivity contribution is -0.139. The van der Waals surface area contributed by atoms with E-state index < -0.39 is 12.7 Å². The van der Waals surface area contributed by atoms with Crippen molar-refractivity contribution in [3.05, 3.63) is 30.2 Å². The fourth-order valence-corrected chi connectivity index (χ4v) is 1.68. The number of hydrogen-bond donors (Lipinski definition) is 1. The van der Waals surface area contributed by atoms with Crippen molar-refractivity contribution in [2.24, 2.45) is 5.73 Å². The fraction of sp³-hybridized carbons (Fsp3) is 0.364. The van der Waals surface area contributed by atoms with Crippen molar-refractivity contribution in [3.63, 3.8) is 0 Å². The fourth-order valence-electron chi connectivity index (χ4n) is 1.68. The second kappa shape index (κ2) is 5.16. The normalized spacial score (nSPS) is 13.4. The molecule has 7 heteroatoms. The van der Waals surface area contributed by atoms with E-state index in [0.717, 1.165) is 9.95 Å². The van der Waals surface area contributed by atoms with Crippen LogP contribution in [0, 0.1) is 0 Å². The Morgan fingerprint density at radius 1 is 1.44 bits per heavy atom. The summed E-state index contributed by atoms with van der Waals surface area (Å²) in [6, 6.07) is 3.12. The van der Waals surface area contributed by atoms with E-state index in [4.69, 9.17) is 5.73 Å². The molecule has 1 unspecified atom stereocenters. The predicted octanol–water partition coefficient (Wildman–Crippen LogP) is 3.04. The highest BCUT2D eigenvalue weighted by Gasteiger charge is 2.28. The van der Waals surface area contributed by atoms with Gasteiger partial charge in [-0.25, -0.2) is 0 Å². The number of fused-ring (bicyclic) bond motifs is 1. The van der Waals surface area contributed by atoms with Crippen molar-refractivity contribution in [2.75, 3.05) is 0 Å². The summed E-state index contributed by atoms with van der Waals surface area (Å²) in [5.41, 5.74) is 6.80. The first-order valence-corrected chi connectivity index (χ1v) is 5.14. The minimum atomic E-state index is -4.23. The minimum Gasteiger partial charge on any atom is -0.337 e. The molecular weight excluding hydrogens is 267 g/mol. The molecule has 2 heterocycles. The molecule has 2 aromatic rings. The zero-order chi connectivity index (χ0) is 12.6. The van der Waals surface area contributed by atoms with Crippen LogP contribution in [0.5, 0.6) is 0 Å². The summed E-state index contributed by atoms with van der Waals surface area (Å²) in [4.78, 5) is 4.06. The number of alkyl halides is 3. The van der Waals surface area contributed by atoms with Crippen molar-refractivity contribution in [1.29, 1.82) is 0 Å². The molecule has 0 amide bonds. The number of rotatable bonds is 2. The number of nitrogens with zero attached hydrogens (tertiary/aromatic N) is 2. The SMILES string of the molecule is CC(N)c1cc2ccn(CC(F)(F)F)c2cn1.Cl. The summed E-state index contributed by atoms with van der Waals surface area (Å²) < 4.78 is 38.0. The third kappa shape index (κ3) is 3.14. The van der Waals surface area contributed by atoms with Crippen LogP contribution in [0.25, 0.3) is 10.9 Å². The van der Waals surface area contributed by atoms with Crippen molar-refractivity contribution < 1.29 is 13.2 Å². The highest BCUT2D eigenvalue weighted by Crippen LogP contribution is 2.23. The molecular formula is C11H13ClF3N3. The maximum atomic E-state index is 12.3. The van der Waals surface area contributed by atoms with Gasteiger partial charge >= 0.3 is 6.18 Å². The summed E-state index contributed by atoms with van der Waals surface area (Å²) in [5.74, 6) is 0. The average molecular weight is 280 g/mol. The van der Waals surface area contributed by atoms with Crippen molar-refractivity contribution in [3.8, 4) is 0 Å². The first kappa shape index (κ1) is 14.8. The third-order valence-corrected chi connectivity index (χ3v) is 2.49. The number of halogens is 4. The predicted molar refractivity (Wildman–Crippen MR) is 65.6 cm³/mol. The second-order valence-electron chi connectivity index (χ2n) is 4.02. The van der Waals surface area contributed by atoms with Gasteiger partial charge in [0.05, 0.1) is 17.4 Å². The van der Waals surface area contributed by atoms with E-state index in [1.807, 2.05) is 0 Å². The van der Waals surface area contributed by atoms with Gasteiger partial charge in [0.15, 0.2) is 0 Å².